The van der Waals surface area contributed by atoms with Gasteiger partial charge in [0.05, 0.1) is 0 Å². The molecule has 80 valence electrons. The van der Waals surface area contributed by atoms with Crippen LogP contribution in [0.4, 0.5) is 0 Å². The smallest absolute Gasteiger partial charge is 0.242 e. The minimum absolute atomic E-state index is 1.02. The van der Waals surface area contributed by atoms with Crippen LogP contribution in [0.25, 0.3) is 5.76 Å². The average Bonchev–Trinajstić information content (AvgIpc) is 2.45. The van der Waals surface area contributed by atoms with Crippen LogP contribution in [-0.4, -0.2) is 8.32 Å². The van der Waals surface area contributed by atoms with Gasteiger partial charge in [0.1, 0.15) is 5.76 Å². The molecule has 0 bridgehead atoms. The van der Waals surface area contributed by atoms with E-state index in [4.69, 9.17) is 4.43 Å². The Kier molecular flexibility index (Phi) is 2.47. The molecule has 0 spiro atoms. The third-order valence-corrected chi connectivity index (χ3v) is 3.28. The molecule has 0 aromatic heterocycles. The van der Waals surface area contributed by atoms with E-state index in [1.165, 1.54) is 16.7 Å². The van der Waals surface area contributed by atoms with Crippen molar-refractivity contribution in [3.05, 3.63) is 41.0 Å². The molecule has 0 heterocycles. The van der Waals surface area contributed by atoms with Crippen LogP contribution >= 0.6 is 0 Å². The lowest BCUT2D eigenvalue weighted by molar-refractivity contribution is 0.516. The first-order valence-electron chi connectivity index (χ1n) is 5.45. The molecule has 1 aromatic carbocycles. The van der Waals surface area contributed by atoms with Crippen LogP contribution in [0, 0.1) is 6.92 Å². The van der Waals surface area contributed by atoms with Gasteiger partial charge in [-0.15, -0.1) is 0 Å². The van der Waals surface area contributed by atoms with Crippen molar-refractivity contribution in [1.82, 2.24) is 0 Å². The normalized spacial score (nSPS) is 14.8. The summed E-state index contributed by atoms with van der Waals surface area (Å²) in [4.78, 5) is 0. The summed E-state index contributed by atoms with van der Waals surface area (Å²) in [6.45, 7) is 8.80. The van der Waals surface area contributed by atoms with E-state index < -0.39 is 8.32 Å². The molecule has 1 aromatic rings. The van der Waals surface area contributed by atoms with Crippen LogP contribution in [0.15, 0.2) is 24.3 Å². The van der Waals surface area contributed by atoms with E-state index >= 15 is 0 Å². The second-order valence-electron chi connectivity index (χ2n) is 5.15. The van der Waals surface area contributed by atoms with Crippen LogP contribution < -0.4 is 0 Å². The van der Waals surface area contributed by atoms with Crippen molar-refractivity contribution < 1.29 is 4.43 Å². The number of rotatable bonds is 2. The standard InChI is InChI=1S/C13H18OSi/c1-10-5-7-12-11(9-10)6-8-13(12)14-15(2,3)4/h5,7-9H,6H2,1-4H3. The first-order chi connectivity index (χ1) is 6.96. The highest BCUT2D eigenvalue weighted by Crippen LogP contribution is 2.31. The molecule has 0 saturated carbocycles. The van der Waals surface area contributed by atoms with Crippen molar-refractivity contribution in [3.8, 4) is 0 Å². The van der Waals surface area contributed by atoms with Crippen molar-refractivity contribution in [2.75, 3.05) is 0 Å². The summed E-state index contributed by atoms with van der Waals surface area (Å²) < 4.78 is 6.06. The molecule has 0 N–H and O–H groups in total. The second-order valence-corrected chi connectivity index (χ2v) is 9.58. The number of fused-ring (bicyclic) bond motifs is 1. The zero-order valence-corrected chi connectivity index (χ0v) is 10.9. The van der Waals surface area contributed by atoms with Gasteiger partial charge in [0.25, 0.3) is 0 Å². The molecule has 1 aliphatic rings. The fourth-order valence-electron chi connectivity index (χ4n) is 1.87. The lowest BCUT2D eigenvalue weighted by atomic mass is 10.1. The second kappa shape index (κ2) is 3.53. The minimum Gasteiger partial charge on any atom is -0.544 e. The molecular formula is C13H18OSi. The topological polar surface area (TPSA) is 9.23 Å². The van der Waals surface area contributed by atoms with E-state index in [9.17, 15) is 0 Å². The van der Waals surface area contributed by atoms with Gasteiger partial charge in [0.15, 0.2) is 0 Å². The van der Waals surface area contributed by atoms with E-state index in [2.05, 4.69) is 50.8 Å². The van der Waals surface area contributed by atoms with Crippen LogP contribution in [0.5, 0.6) is 0 Å². The zero-order chi connectivity index (χ0) is 11.1. The Morgan fingerprint density at radius 2 is 1.93 bits per heavy atom. The molecular weight excluding hydrogens is 200 g/mol. The van der Waals surface area contributed by atoms with Gasteiger partial charge in [-0.3, -0.25) is 0 Å². The highest BCUT2D eigenvalue weighted by molar-refractivity contribution is 6.70. The Bertz CT molecular complexity index is 413. The monoisotopic (exact) mass is 218 g/mol. The Morgan fingerprint density at radius 1 is 1.20 bits per heavy atom. The van der Waals surface area contributed by atoms with Crippen LogP contribution in [0.3, 0.4) is 0 Å². The highest BCUT2D eigenvalue weighted by atomic mass is 28.4. The average molecular weight is 218 g/mol. The van der Waals surface area contributed by atoms with Crippen LogP contribution in [0.2, 0.25) is 19.6 Å². The highest BCUT2D eigenvalue weighted by Gasteiger charge is 2.22. The summed E-state index contributed by atoms with van der Waals surface area (Å²) >= 11 is 0. The predicted molar refractivity (Wildman–Crippen MR) is 67.3 cm³/mol. The Hall–Kier alpha value is -1.02. The Balaban J connectivity index is 2.28. The van der Waals surface area contributed by atoms with Gasteiger partial charge in [-0.25, -0.2) is 0 Å². The number of aryl methyl sites for hydroxylation is 1. The molecule has 0 unspecified atom stereocenters. The SMILES string of the molecule is Cc1ccc2c(c1)CC=C2O[Si](C)(C)C. The maximum absolute atomic E-state index is 6.06. The van der Waals surface area contributed by atoms with Crippen molar-refractivity contribution in [3.63, 3.8) is 0 Å². The van der Waals surface area contributed by atoms with Gasteiger partial charge in [0.2, 0.25) is 8.32 Å². The van der Waals surface area contributed by atoms with E-state index in [0.29, 0.717) is 0 Å². The fourth-order valence-corrected chi connectivity index (χ4v) is 2.72. The summed E-state index contributed by atoms with van der Waals surface area (Å²) in [5.74, 6) is 1.10. The summed E-state index contributed by atoms with van der Waals surface area (Å²) in [6, 6.07) is 6.60. The predicted octanol–water partition coefficient (Wildman–Crippen LogP) is 3.74. The maximum atomic E-state index is 6.06. The third-order valence-electron chi connectivity index (χ3n) is 2.45. The molecule has 0 amide bonds. The summed E-state index contributed by atoms with van der Waals surface area (Å²) in [5, 5.41) is 0. The number of hydrogen-bond donors (Lipinski definition) is 0. The van der Waals surface area contributed by atoms with Crippen molar-refractivity contribution >= 4 is 14.1 Å². The van der Waals surface area contributed by atoms with Gasteiger partial charge in [-0.1, -0.05) is 23.8 Å². The van der Waals surface area contributed by atoms with E-state index in [1.54, 1.807) is 0 Å². The molecule has 0 saturated heterocycles. The van der Waals surface area contributed by atoms with Crippen LogP contribution in [0.1, 0.15) is 16.7 Å². The van der Waals surface area contributed by atoms with Gasteiger partial charge >= 0.3 is 0 Å². The first kappa shape index (κ1) is 10.5. The van der Waals surface area contributed by atoms with Gasteiger partial charge in [-0.05, 0) is 44.6 Å². The summed E-state index contributed by atoms with van der Waals surface area (Å²) in [6.07, 6.45) is 3.24. The number of benzene rings is 1. The molecule has 0 radical (unpaired) electrons. The lowest BCUT2D eigenvalue weighted by Gasteiger charge is -2.20. The van der Waals surface area contributed by atoms with Gasteiger partial charge in [-0.2, -0.15) is 0 Å². The van der Waals surface area contributed by atoms with E-state index in [-0.39, 0.29) is 0 Å². The lowest BCUT2D eigenvalue weighted by Crippen LogP contribution is -2.24. The Morgan fingerprint density at radius 3 is 2.60 bits per heavy atom. The quantitative estimate of drug-likeness (QED) is 0.687. The minimum atomic E-state index is -1.47. The molecule has 0 atom stereocenters. The van der Waals surface area contributed by atoms with E-state index in [1.807, 2.05) is 0 Å². The Labute approximate surface area is 92.9 Å². The molecule has 0 fully saturated rings. The zero-order valence-electron chi connectivity index (χ0n) is 9.92. The van der Waals surface area contributed by atoms with Gasteiger partial charge in [0, 0.05) is 5.56 Å². The van der Waals surface area contributed by atoms with Crippen molar-refractivity contribution in [2.45, 2.75) is 33.0 Å². The molecule has 1 nitrogen and oxygen atoms in total. The molecule has 2 rings (SSSR count). The maximum Gasteiger partial charge on any atom is 0.242 e. The molecule has 2 heteroatoms. The van der Waals surface area contributed by atoms with Crippen LogP contribution in [-0.2, 0) is 10.8 Å². The summed E-state index contributed by atoms with van der Waals surface area (Å²) in [7, 11) is -1.47. The number of hydrogen-bond acceptors (Lipinski definition) is 1. The van der Waals surface area contributed by atoms with E-state index in [0.717, 1.165) is 12.2 Å². The molecule has 0 aliphatic heterocycles. The molecule has 1 aliphatic carbocycles. The van der Waals surface area contributed by atoms with Crippen molar-refractivity contribution in [1.29, 1.82) is 0 Å². The number of allylic oxidation sites excluding steroid dienone is 1. The summed E-state index contributed by atoms with van der Waals surface area (Å²) in [5.41, 5.74) is 4.03. The largest absolute Gasteiger partial charge is 0.544 e. The first-order valence-corrected chi connectivity index (χ1v) is 8.86. The van der Waals surface area contributed by atoms with Gasteiger partial charge < -0.3 is 4.43 Å². The van der Waals surface area contributed by atoms with Crippen molar-refractivity contribution in [2.24, 2.45) is 0 Å². The third kappa shape index (κ3) is 2.32. The fraction of sp³-hybridized carbons (Fsp3) is 0.385. The molecule has 15 heavy (non-hydrogen) atoms.